The van der Waals surface area contributed by atoms with E-state index in [9.17, 15) is 9.59 Å². The summed E-state index contributed by atoms with van der Waals surface area (Å²) < 4.78 is 9.18. The van der Waals surface area contributed by atoms with Crippen molar-refractivity contribution in [3.63, 3.8) is 0 Å². The molecule has 4 nitrogen and oxygen atoms in total. The Morgan fingerprint density at radius 3 is 1.35 bits per heavy atom. The van der Waals surface area contributed by atoms with Crippen LogP contribution in [0.3, 0.4) is 0 Å². The van der Waals surface area contributed by atoms with Crippen LogP contribution in [0, 0.1) is 6.92 Å². The van der Waals surface area contributed by atoms with Crippen LogP contribution in [0.25, 0.3) is 0 Å². The van der Waals surface area contributed by atoms with E-state index in [1.54, 1.807) is 0 Å². The molecule has 0 saturated heterocycles. The Bertz CT molecular complexity index is 885. The summed E-state index contributed by atoms with van der Waals surface area (Å²) in [6.45, 7) is 9.24. The number of aryl methyl sites for hydroxylation is 1. The zero-order valence-corrected chi connectivity index (χ0v) is 19.2. The highest BCUT2D eigenvalue weighted by Crippen LogP contribution is 2.32. The molecule has 0 heterocycles. The van der Waals surface area contributed by atoms with Crippen LogP contribution in [-0.4, -0.2) is 19.0 Å². The van der Waals surface area contributed by atoms with Crippen LogP contribution >= 0.6 is 0 Å². The maximum atomic E-state index is 10.9. The Kier molecular flexibility index (Phi) is 10.8. The standard InChI is InChI=1S/C18H20O2.C6H6.C3H6O2/c1-13-5-7-15(8-6-13)18(3,4)16-9-11-17(12-10-16)20-14(2)19;1-2-4-6-5-3-1;1-3(4)5-2/h5-12H,1-4H3;1-6H;1-2H3. The first-order valence-electron chi connectivity index (χ1n) is 10.1. The Hall–Kier alpha value is -3.40. The molecule has 3 aromatic rings. The predicted molar refractivity (Wildman–Crippen MR) is 125 cm³/mol. The van der Waals surface area contributed by atoms with Gasteiger partial charge < -0.3 is 9.47 Å². The molecule has 0 atom stereocenters. The van der Waals surface area contributed by atoms with E-state index in [0.717, 1.165) is 0 Å². The van der Waals surface area contributed by atoms with Gasteiger partial charge in [-0.05, 0) is 30.2 Å². The Balaban J connectivity index is 0.000000357. The van der Waals surface area contributed by atoms with Crippen molar-refractivity contribution in [2.75, 3.05) is 7.11 Å². The zero-order chi connectivity index (χ0) is 23.3. The van der Waals surface area contributed by atoms with Crippen LogP contribution in [-0.2, 0) is 19.7 Å². The zero-order valence-electron chi connectivity index (χ0n) is 19.2. The number of benzene rings is 3. The lowest BCUT2D eigenvalue weighted by Crippen LogP contribution is -2.18. The van der Waals surface area contributed by atoms with Crippen molar-refractivity contribution >= 4 is 11.9 Å². The normalized spacial score (nSPS) is 9.87. The van der Waals surface area contributed by atoms with Crippen molar-refractivity contribution < 1.29 is 19.1 Å². The van der Waals surface area contributed by atoms with Gasteiger partial charge in [-0.3, -0.25) is 9.59 Å². The van der Waals surface area contributed by atoms with Gasteiger partial charge in [0.05, 0.1) is 7.11 Å². The van der Waals surface area contributed by atoms with Gasteiger partial charge >= 0.3 is 11.9 Å². The fourth-order valence-electron chi connectivity index (χ4n) is 2.63. The molecular weight excluding hydrogens is 388 g/mol. The highest BCUT2D eigenvalue weighted by atomic mass is 16.5. The summed E-state index contributed by atoms with van der Waals surface area (Å²) in [5.74, 6) is 0.0431. The molecule has 164 valence electrons. The molecule has 0 spiro atoms. The third kappa shape index (κ3) is 9.77. The van der Waals surface area contributed by atoms with Gasteiger partial charge in [-0.1, -0.05) is 92.2 Å². The number of rotatable bonds is 3. The highest BCUT2D eigenvalue weighted by Gasteiger charge is 2.22. The Morgan fingerprint density at radius 2 is 1.03 bits per heavy atom. The van der Waals surface area contributed by atoms with Gasteiger partial charge in [0.1, 0.15) is 5.75 Å². The second-order valence-electron chi connectivity index (χ2n) is 7.46. The minimum absolute atomic E-state index is 0.0809. The molecule has 0 aromatic heterocycles. The monoisotopic (exact) mass is 420 g/mol. The highest BCUT2D eigenvalue weighted by molar-refractivity contribution is 5.69. The number of esters is 2. The van der Waals surface area contributed by atoms with Crippen LogP contribution in [0.4, 0.5) is 0 Å². The third-order valence-corrected chi connectivity index (χ3v) is 4.56. The maximum Gasteiger partial charge on any atom is 0.308 e. The van der Waals surface area contributed by atoms with Crippen LogP contribution in [0.2, 0.25) is 0 Å². The average Bonchev–Trinajstić information content (AvgIpc) is 2.76. The number of carbonyl (C=O) groups is 2. The van der Waals surface area contributed by atoms with E-state index in [2.05, 4.69) is 49.8 Å². The van der Waals surface area contributed by atoms with Crippen molar-refractivity contribution in [1.29, 1.82) is 0 Å². The van der Waals surface area contributed by atoms with Crippen molar-refractivity contribution in [2.24, 2.45) is 0 Å². The van der Waals surface area contributed by atoms with Crippen LogP contribution < -0.4 is 4.74 Å². The van der Waals surface area contributed by atoms with Crippen molar-refractivity contribution in [1.82, 2.24) is 0 Å². The minimum atomic E-state index is -0.296. The van der Waals surface area contributed by atoms with Crippen molar-refractivity contribution in [3.8, 4) is 5.75 Å². The van der Waals surface area contributed by atoms with Gasteiger partial charge in [0.15, 0.2) is 0 Å². The van der Waals surface area contributed by atoms with E-state index in [1.165, 1.54) is 37.6 Å². The molecule has 0 aliphatic carbocycles. The van der Waals surface area contributed by atoms with Crippen LogP contribution in [0.15, 0.2) is 84.9 Å². The fourth-order valence-corrected chi connectivity index (χ4v) is 2.63. The summed E-state index contributed by atoms with van der Waals surface area (Å²) in [6.07, 6.45) is 0. The fraction of sp³-hybridized carbons (Fsp3) is 0.259. The van der Waals surface area contributed by atoms with E-state index >= 15 is 0 Å². The second kappa shape index (κ2) is 13.0. The number of hydrogen-bond acceptors (Lipinski definition) is 4. The van der Waals surface area contributed by atoms with E-state index in [4.69, 9.17) is 4.74 Å². The van der Waals surface area contributed by atoms with Crippen molar-refractivity contribution in [3.05, 3.63) is 102 Å². The first-order chi connectivity index (χ1) is 14.7. The van der Waals surface area contributed by atoms with Gasteiger partial charge in [-0.15, -0.1) is 0 Å². The summed E-state index contributed by atoms with van der Waals surface area (Å²) in [5.41, 5.74) is 3.64. The molecule has 0 radical (unpaired) electrons. The summed E-state index contributed by atoms with van der Waals surface area (Å²) in [7, 11) is 1.35. The minimum Gasteiger partial charge on any atom is -0.469 e. The molecule has 3 rings (SSSR count). The summed E-state index contributed by atoms with van der Waals surface area (Å²) in [6, 6.07) is 28.3. The van der Waals surface area contributed by atoms with E-state index in [-0.39, 0.29) is 17.4 Å². The molecular formula is C27H32O4. The maximum absolute atomic E-state index is 10.9. The molecule has 0 N–H and O–H groups in total. The summed E-state index contributed by atoms with van der Waals surface area (Å²) >= 11 is 0. The topological polar surface area (TPSA) is 52.6 Å². The Morgan fingerprint density at radius 1 is 0.677 bits per heavy atom. The smallest absolute Gasteiger partial charge is 0.308 e. The molecule has 0 bridgehead atoms. The quantitative estimate of drug-likeness (QED) is 0.379. The number of hydrogen-bond donors (Lipinski definition) is 0. The lowest BCUT2D eigenvalue weighted by molar-refractivity contribution is -0.138. The first-order valence-corrected chi connectivity index (χ1v) is 10.1. The average molecular weight is 421 g/mol. The van der Waals surface area contributed by atoms with E-state index in [0.29, 0.717) is 5.75 Å². The molecule has 0 saturated carbocycles. The molecule has 0 aliphatic heterocycles. The van der Waals surface area contributed by atoms with Gasteiger partial charge in [0.2, 0.25) is 0 Å². The lowest BCUT2D eigenvalue weighted by Gasteiger charge is -2.26. The Labute approximate surface area is 185 Å². The molecule has 31 heavy (non-hydrogen) atoms. The van der Waals surface area contributed by atoms with E-state index < -0.39 is 0 Å². The van der Waals surface area contributed by atoms with Gasteiger partial charge in [-0.25, -0.2) is 0 Å². The summed E-state index contributed by atoms with van der Waals surface area (Å²) in [4.78, 5) is 20.5. The predicted octanol–water partition coefficient (Wildman–Crippen LogP) is 6.11. The summed E-state index contributed by atoms with van der Waals surface area (Å²) in [5, 5.41) is 0. The van der Waals surface area contributed by atoms with Crippen LogP contribution in [0.1, 0.15) is 44.4 Å². The lowest BCUT2D eigenvalue weighted by atomic mass is 9.78. The van der Waals surface area contributed by atoms with Gasteiger partial charge in [0.25, 0.3) is 0 Å². The molecule has 0 aliphatic rings. The first kappa shape index (κ1) is 25.6. The SMILES string of the molecule is CC(=O)Oc1ccc(C(C)(C)c2ccc(C)cc2)cc1.COC(C)=O.c1ccccc1. The molecule has 0 unspecified atom stereocenters. The third-order valence-electron chi connectivity index (χ3n) is 4.56. The van der Waals surface area contributed by atoms with Gasteiger partial charge in [0, 0.05) is 19.3 Å². The number of ether oxygens (including phenoxy) is 2. The molecule has 4 heteroatoms. The van der Waals surface area contributed by atoms with Crippen LogP contribution in [0.5, 0.6) is 5.75 Å². The van der Waals surface area contributed by atoms with Gasteiger partial charge in [-0.2, -0.15) is 0 Å². The second-order valence-corrected chi connectivity index (χ2v) is 7.46. The molecule has 3 aromatic carbocycles. The van der Waals surface area contributed by atoms with Crippen molar-refractivity contribution in [2.45, 2.75) is 40.0 Å². The largest absolute Gasteiger partial charge is 0.469 e. The molecule has 0 amide bonds. The molecule has 0 fully saturated rings. The number of methoxy groups -OCH3 is 1. The number of carbonyl (C=O) groups excluding carboxylic acids is 2. The van der Waals surface area contributed by atoms with E-state index in [1.807, 2.05) is 60.7 Å².